The van der Waals surface area contributed by atoms with Gasteiger partial charge in [0.05, 0.1) is 22.5 Å². The topological polar surface area (TPSA) is 59.6 Å². The molecule has 21 heavy (non-hydrogen) atoms. The van der Waals surface area contributed by atoms with Crippen molar-refractivity contribution in [1.29, 1.82) is 10.5 Å². The molecular formula is C14H5F4N3. The van der Waals surface area contributed by atoms with E-state index in [-0.39, 0.29) is 16.8 Å². The summed E-state index contributed by atoms with van der Waals surface area (Å²) in [4.78, 5) is 0. The quantitative estimate of drug-likeness (QED) is 0.521. The van der Waals surface area contributed by atoms with E-state index in [0.717, 1.165) is 0 Å². The molecule has 2 aromatic rings. The molecule has 0 aliphatic rings. The van der Waals surface area contributed by atoms with Gasteiger partial charge >= 0.3 is 0 Å². The number of hydrogen-bond donors (Lipinski definition) is 1. The minimum atomic E-state index is -1.97. The summed E-state index contributed by atoms with van der Waals surface area (Å²) >= 11 is 0. The molecule has 0 saturated carbocycles. The van der Waals surface area contributed by atoms with Crippen LogP contribution in [0.3, 0.4) is 0 Å². The summed E-state index contributed by atoms with van der Waals surface area (Å²) in [6.45, 7) is 0. The van der Waals surface area contributed by atoms with E-state index >= 15 is 0 Å². The molecule has 2 rings (SSSR count). The summed E-state index contributed by atoms with van der Waals surface area (Å²) in [5.74, 6) is -7.09. The summed E-state index contributed by atoms with van der Waals surface area (Å²) in [5, 5.41) is 20.1. The van der Waals surface area contributed by atoms with Gasteiger partial charge in [0, 0.05) is 6.07 Å². The van der Waals surface area contributed by atoms with Crippen LogP contribution < -0.4 is 5.32 Å². The van der Waals surface area contributed by atoms with Gasteiger partial charge in [0.1, 0.15) is 12.1 Å². The van der Waals surface area contributed by atoms with Crippen molar-refractivity contribution in [2.45, 2.75) is 0 Å². The Morgan fingerprint density at radius 1 is 0.857 bits per heavy atom. The van der Waals surface area contributed by atoms with Crippen LogP contribution in [0.25, 0.3) is 0 Å². The van der Waals surface area contributed by atoms with Crippen LogP contribution in [0.1, 0.15) is 11.1 Å². The van der Waals surface area contributed by atoms with E-state index < -0.39 is 29.0 Å². The van der Waals surface area contributed by atoms with E-state index in [1.165, 1.54) is 18.2 Å². The Bertz CT molecular complexity index is 803. The van der Waals surface area contributed by atoms with Crippen LogP contribution in [0.5, 0.6) is 0 Å². The van der Waals surface area contributed by atoms with Crippen LogP contribution in [0.15, 0.2) is 24.3 Å². The first-order valence-corrected chi connectivity index (χ1v) is 5.52. The van der Waals surface area contributed by atoms with Gasteiger partial charge in [-0.25, -0.2) is 17.6 Å². The Labute approximate surface area is 116 Å². The molecule has 0 amide bonds. The molecule has 0 spiro atoms. The zero-order valence-corrected chi connectivity index (χ0v) is 10.2. The molecule has 0 saturated heterocycles. The summed E-state index contributed by atoms with van der Waals surface area (Å²) in [7, 11) is 0. The highest BCUT2D eigenvalue weighted by Crippen LogP contribution is 2.28. The van der Waals surface area contributed by atoms with E-state index in [1.807, 2.05) is 0 Å². The third-order valence-electron chi connectivity index (χ3n) is 2.67. The lowest BCUT2D eigenvalue weighted by atomic mass is 10.1. The normalized spacial score (nSPS) is 9.81. The Hall–Kier alpha value is -3.06. The van der Waals surface area contributed by atoms with Crippen molar-refractivity contribution in [2.24, 2.45) is 0 Å². The Kier molecular flexibility index (Phi) is 3.77. The van der Waals surface area contributed by atoms with Gasteiger partial charge in [0.25, 0.3) is 0 Å². The summed E-state index contributed by atoms with van der Waals surface area (Å²) in [6.07, 6.45) is 0. The first-order valence-electron chi connectivity index (χ1n) is 5.52. The lowest BCUT2D eigenvalue weighted by Crippen LogP contribution is -2.03. The molecule has 7 heteroatoms. The predicted octanol–water partition coefficient (Wildman–Crippen LogP) is 3.73. The second-order valence-electron chi connectivity index (χ2n) is 3.92. The van der Waals surface area contributed by atoms with E-state index in [2.05, 4.69) is 5.32 Å². The molecule has 104 valence electrons. The monoisotopic (exact) mass is 291 g/mol. The molecule has 0 bridgehead atoms. The highest BCUT2D eigenvalue weighted by molar-refractivity contribution is 5.70. The smallest absolute Gasteiger partial charge is 0.199 e. The van der Waals surface area contributed by atoms with Crippen molar-refractivity contribution < 1.29 is 17.6 Å². The van der Waals surface area contributed by atoms with Crippen molar-refractivity contribution in [3.05, 3.63) is 58.7 Å². The molecular weight excluding hydrogens is 286 g/mol. The van der Waals surface area contributed by atoms with E-state index in [0.29, 0.717) is 6.07 Å². The first-order chi connectivity index (χ1) is 9.99. The third kappa shape index (κ3) is 2.49. The van der Waals surface area contributed by atoms with Crippen LogP contribution in [0.2, 0.25) is 0 Å². The predicted molar refractivity (Wildman–Crippen MR) is 65.4 cm³/mol. The summed E-state index contributed by atoms with van der Waals surface area (Å²) < 4.78 is 52.7. The van der Waals surface area contributed by atoms with Gasteiger partial charge in [0.2, 0.25) is 0 Å². The largest absolute Gasteiger partial charge is 0.352 e. The maximum atomic E-state index is 13.6. The zero-order valence-electron chi connectivity index (χ0n) is 10.2. The van der Waals surface area contributed by atoms with Crippen LogP contribution in [-0.4, -0.2) is 0 Å². The molecule has 0 aliphatic heterocycles. The third-order valence-corrected chi connectivity index (χ3v) is 2.67. The van der Waals surface area contributed by atoms with Crippen molar-refractivity contribution in [3.8, 4) is 12.1 Å². The van der Waals surface area contributed by atoms with E-state index in [4.69, 9.17) is 10.5 Å². The molecule has 0 radical (unpaired) electrons. The minimum Gasteiger partial charge on any atom is -0.352 e. The lowest BCUT2D eigenvalue weighted by Gasteiger charge is -2.11. The molecule has 0 fully saturated rings. The molecule has 0 aliphatic carbocycles. The number of benzene rings is 2. The van der Waals surface area contributed by atoms with E-state index in [1.54, 1.807) is 12.1 Å². The van der Waals surface area contributed by atoms with Crippen molar-refractivity contribution >= 4 is 11.4 Å². The van der Waals surface area contributed by atoms with Crippen molar-refractivity contribution in [2.75, 3.05) is 5.32 Å². The van der Waals surface area contributed by atoms with Gasteiger partial charge in [-0.1, -0.05) is 6.07 Å². The van der Waals surface area contributed by atoms with Crippen molar-refractivity contribution in [3.63, 3.8) is 0 Å². The van der Waals surface area contributed by atoms with Gasteiger partial charge < -0.3 is 5.32 Å². The maximum Gasteiger partial charge on any atom is 0.199 e. The SMILES string of the molecule is N#Cc1cccc(Nc2cc(F)c(F)c(F)c2F)c1C#N. The average molecular weight is 291 g/mol. The molecule has 0 unspecified atom stereocenters. The minimum absolute atomic E-state index is 0.00552. The van der Waals surface area contributed by atoms with Gasteiger partial charge in [-0.3, -0.25) is 0 Å². The molecule has 0 atom stereocenters. The average Bonchev–Trinajstić information content (AvgIpc) is 2.50. The van der Waals surface area contributed by atoms with Crippen molar-refractivity contribution in [1.82, 2.24) is 0 Å². The van der Waals surface area contributed by atoms with Crippen LogP contribution in [0.4, 0.5) is 28.9 Å². The summed E-state index contributed by atoms with van der Waals surface area (Å²) in [5.41, 5.74) is -0.825. The second kappa shape index (κ2) is 5.51. The van der Waals surface area contributed by atoms with Gasteiger partial charge in [-0.15, -0.1) is 0 Å². The molecule has 0 aromatic heterocycles. The number of halogens is 4. The fourth-order valence-electron chi connectivity index (χ4n) is 1.68. The molecule has 3 nitrogen and oxygen atoms in total. The van der Waals surface area contributed by atoms with Crippen LogP contribution in [-0.2, 0) is 0 Å². The number of rotatable bonds is 2. The Morgan fingerprint density at radius 2 is 1.57 bits per heavy atom. The number of nitriles is 2. The molecule has 2 aromatic carbocycles. The highest BCUT2D eigenvalue weighted by atomic mass is 19.2. The zero-order chi connectivity index (χ0) is 15.6. The fraction of sp³-hybridized carbons (Fsp3) is 0. The number of hydrogen-bond acceptors (Lipinski definition) is 3. The van der Waals surface area contributed by atoms with E-state index in [9.17, 15) is 17.6 Å². The summed E-state index contributed by atoms with van der Waals surface area (Å²) in [6, 6.07) is 7.97. The molecule has 0 heterocycles. The second-order valence-corrected chi connectivity index (χ2v) is 3.92. The van der Waals surface area contributed by atoms with Gasteiger partial charge in [-0.05, 0) is 12.1 Å². The number of nitrogens with one attached hydrogen (secondary N) is 1. The Morgan fingerprint density at radius 3 is 2.19 bits per heavy atom. The Balaban J connectivity index is 2.55. The highest BCUT2D eigenvalue weighted by Gasteiger charge is 2.20. The van der Waals surface area contributed by atoms with Gasteiger partial charge in [-0.2, -0.15) is 10.5 Å². The van der Waals surface area contributed by atoms with Gasteiger partial charge in [0.15, 0.2) is 23.3 Å². The van der Waals surface area contributed by atoms with Crippen LogP contribution in [0, 0.1) is 45.9 Å². The maximum absolute atomic E-state index is 13.6. The fourth-order valence-corrected chi connectivity index (χ4v) is 1.68. The number of nitrogens with zero attached hydrogens (tertiary/aromatic N) is 2. The van der Waals surface area contributed by atoms with Crippen LogP contribution >= 0.6 is 0 Å². The standard InChI is InChI=1S/C14H5F4N3/c15-9-4-11(13(17)14(18)12(9)16)21-10-3-1-2-7(5-19)8(10)6-20/h1-4,21H. The first kappa shape index (κ1) is 14.4. The molecule has 1 N–H and O–H groups in total. The lowest BCUT2D eigenvalue weighted by molar-refractivity contribution is 0.411. The number of anilines is 2.